The van der Waals surface area contributed by atoms with E-state index in [1.807, 2.05) is 29.5 Å². The van der Waals surface area contributed by atoms with Crippen LogP contribution in [-0.4, -0.2) is 0 Å². The fourth-order valence-corrected chi connectivity index (χ4v) is 9.19. The van der Waals surface area contributed by atoms with Crippen molar-refractivity contribution in [1.29, 1.82) is 0 Å². The maximum atomic E-state index is 6.67. The highest BCUT2D eigenvalue weighted by Gasteiger charge is 2.23. The Balaban J connectivity index is 1.12. The quantitative estimate of drug-likeness (QED) is 0.181. The third-order valence-electron chi connectivity index (χ3n) is 10.3. The molecule has 0 saturated carbocycles. The maximum Gasteiger partial charge on any atom is 0.159 e. The lowest BCUT2D eigenvalue weighted by Crippen LogP contribution is -2.10. The van der Waals surface area contributed by atoms with Crippen LogP contribution in [0.3, 0.4) is 0 Å². The van der Waals surface area contributed by atoms with Gasteiger partial charge in [-0.05, 0) is 70.8 Å². The van der Waals surface area contributed by atoms with E-state index in [-0.39, 0.29) is 0 Å². The molecular formula is C48H29NO2S. The number of furan rings is 2. The van der Waals surface area contributed by atoms with Gasteiger partial charge in [0.1, 0.15) is 16.7 Å². The molecular weight excluding hydrogens is 655 g/mol. The summed E-state index contributed by atoms with van der Waals surface area (Å²) in [6.45, 7) is 0. The topological polar surface area (TPSA) is 29.5 Å². The zero-order chi connectivity index (χ0) is 34.2. The van der Waals surface area contributed by atoms with Gasteiger partial charge in [-0.3, -0.25) is 0 Å². The van der Waals surface area contributed by atoms with E-state index in [4.69, 9.17) is 8.83 Å². The van der Waals surface area contributed by atoms with Crippen molar-refractivity contribution < 1.29 is 8.83 Å². The number of hydrogen-bond acceptors (Lipinski definition) is 4. The summed E-state index contributed by atoms with van der Waals surface area (Å²) in [4.78, 5) is 2.38. The number of fused-ring (bicyclic) bond motifs is 9. The molecule has 0 radical (unpaired) electrons. The minimum atomic E-state index is 0.869. The second-order valence-electron chi connectivity index (χ2n) is 13.2. The average Bonchev–Trinajstić information content (AvgIpc) is 3.90. The number of benzene rings is 8. The molecule has 8 aromatic carbocycles. The first kappa shape index (κ1) is 29.1. The van der Waals surface area contributed by atoms with Crippen molar-refractivity contribution in [3.05, 3.63) is 176 Å². The van der Waals surface area contributed by atoms with Crippen LogP contribution in [0.5, 0.6) is 0 Å². The summed E-state index contributed by atoms with van der Waals surface area (Å²) in [6.07, 6.45) is 0. The van der Waals surface area contributed by atoms with Crippen molar-refractivity contribution in [2.24, 2.45) is 0 Å². The van der Waals surface area contributed by atoms with Crippen LogP contribution >= 0.6 is 11.3 Å². The Labute approximate surface area is 303 Å². The molecule has 0 unspecified atom stereocenters. The van der Waals surface area contributed by atoms with E-state index in [0.29, 0.717) is 0 Å². The van der Waals surface area contributed by atoms with Crippen molar-refractivity contribution in [2.75, 3.05) is 4.90 Å². The number of para-hydroxylation sites is 3. The summed E-state index contributed by atoms with van der Waals surface area (Å²) >= 11 is 1.86. The number of rotatable bonds is 5. The van der Waals surface area contributed by atoms with Crippen LogP contribution in [0.1, 0.15) is 0 Å². The molecule has 4 heteroatoms. The molecule has 244 valence electrons. The van der Waals surface area contributed by atoms with Crippen LogP contribution < -0.4 is 4.90 Å². The van der Waals surface area contributed by atoms with Gasteiger partial charge in [0.15, 0.2) is 5.58 Å². The number of hydrogen-bond donors (Lipinski definition) is 0. The Kier molecular flexibility index (Phi) is 6.42. The van der Waals surface area contributed by atoms with Gasteiger partial charge in [0.05, 0.1) is 16.1 Å². The number of anilines is 3. The molecule has 11 aromatic rings. The fourth-order valence-electron chi connectivity index (χ4n) is 7.85. The minimum Gasteiger partial charge on any atom is -0.456 e. The first-order valence-electron chi connectivity index (χ1n) is 17.5. The van der Waals surface area contributed by atoms with Crippen molar-refractivity contribution in [3.63, 3.8) is 0 Å². The van der Waals surface area contributed by atoms with Crippen molar-refractivity contribution in [3.8, 4) is 22.3 Å². The second kappa shape index (κ2) is 11.5. The predicted molar refractivity (Wildman–Crippen MR) is 219 cm³/mol. The first-order chi connectivity index (χ1) is 25.8. The lowest BCUT2D eigenvalue weighted by atomic mass is 10.0. The average molecular weight is 684 g/mol. The first-order valence-corrected chi connectivity index (χ1v) is 18.3. The summed E-state index contributed by atoms with van der Waals surface area (Å²) in [5.74, 6) is 0. The molecule has 0 aliphatic carbocycles. The molecule has 0 N–H and O–H groups in total. The second-order valence-corrected chi connectivity index (χ2v) is 14.3. The largest absolute Gasteiger partial charge is 0.456 e. The normalized spacial score (nSPS) is 11.8. The Morgan fingerprint density at radius 1 is 0.365 bits per heavy atom. The van der Waals surface area contributed by atoms with Crippen molar-refractivity contribution in [2.45, 2.75) is 0 Å². The molecule has 52 heavy (non-hydrogen) atoms. The molecule has 0 aliphatic rings. The van der Waals surface area contributed by atoms with E-state index in [9.17, 15) is 0 Å². The van der Waals surface area contributed by atoms with E-state index in [1.54, 1.807) is 0 Å². The third kappa shape index (κ3) is 4.45. The molecule has 3 aromatic heterocycles. The molecule has 3 nitrogen and oxygen atoms in total. The fraction of sp³-hybridized carbons (Fsp3) is 0. The molecule has 0 saturated heterocycles. The van der Waals surface area contributed by atoms with Crippen LogP contribution in [0, 0.1) is 0 Å². The van der Waals surface area contributed by atoms with Crippen LogP contribution in [-0.2, 0) is 0 Å². The van der Waals surface area contributed by atoms with Crippen LogP contribution in [0.15, 0.2) is 185 Å². The molecule has 11 rings (SSSR count). The number of nitrogens with zero attached hydrogens (tertiary/aromatic N) is 1. The highest BCUT2D eigenvalue weighted by molar-refractivity contribution is 7.27. The summed E-state index contributed by atoms with van der Waals surface area (Å²) in [5.41, 5.74) is 11.5. The van der Waals surface area contributed by atoms with Gasteiger partial charge in [0.25, 0.3) is 0 Å². The molecule has 0 aliphatic heterocycles. The van der Waals surface area contributed by atoms with Crippen LogP contribution in [0.2, 0.25) is 0 Å². The lowest BCUT2D eigenvalue weighted by Gasteiger charge is -2.26. The highest BCUT2D eigenvalue weighted by Crippen LogP contribution is 2.49. The highest BCUT2D eigenvalue weighted by atomic mass is 32.1. The third-order valence-corrected chi connectivity index (χ3v) is 11.6. The van der Waals surface area contributed by atoms with E-state index in [1.165, 1.54) is 31.3 Å². The summed E-state index contributed by atoms with van der Waals surface area (Å²) in [5, 5.41) is 6.99. The Hall–Kier alpha value is -6.62. The van der Waals surface area contributed by atoms with Gasteiger partial charge in [-0.2, -0.15) is 0 Å². The molecule has 3 heterocycles. The van der Waals surface area contributed by atoms with Gasteiger partial charge in [-0.25, -0.2) is 0 Å². The molecule has 0 spiro atoms. The van der Waals surface area contributed by atoms with E-state index in [0.717, 1.165) is 72.1 Å². The van der Waals surface area contributed by atoms with Crippen LogP contribution in [0.25, 0.3) is 86.3 Å². The summed E-state index contributed by atoms with van der Waals surface area (Å²) in [6, 6.07) is 62.5. The van der Waals surface area contributed by atoms with E-state index in [2.05, 4.69) is 163 Å². The Morgan fingerprint density at radius 2 is 0.962 bits per heavy atom. The Morgan fingerprint density at radius 3 is 1.77 bits per heavy atom. The molecule has 0 fully saturated rings. The summed E-state index contributed by atoms with van der Waals surface area (Å²) in [7, 11) is 0. The van der Waals surface area contributed by atoms with Crippen LogP contribution in [0.4, 0.5) is 17.1 Å². The standard InChI is InChI=1S/C48H29NO2S/c1-2-11-31(12-3-1)34-15-8-17-38-39-18-10-20-42(48(39)52-47(34)38)49(41-19-9-16-37-35-13-4-7-22-44(35)51-46(37)41)33-26-23-30(24-27-33)32-25-28-45-40(29-32)36-14-5-6-21-43(36)50-45/h1-29H. The molecule has 0 bridgehead atoms. The molecule has 0 atom stereocenters. The van der Waals surface area contributed by atoms with Gasteiger partial charge in [-0.1, -0.05) is 127 Å². The monoisotopic (exact) mass is 683 g/mol. The van der Waals surface area contributed by atoms with Gasteiger partial charge in [0, 0.05) is 42.7 Å². The minimum absolute atomic E-state index is 0.869. The SMILES string of the molecule is c1ccc(-c2cccc3c2sc2c(N(c4ccc(-c5ccc6oc7ccccc7c6c5)cc4)c4cccc5c4oc4ccccc45)cccc23)cc1. The zero-order valence-electron chi connectivity index (χ0n) is 27.9. The van der Waals surface area contributed by atoms with Gasteiger partial charge in [0.2, 0.25) is 0 Å². The maximum absolute atomic E-state index is 6.67. The van der Waals surface area contributed by atoms with E-state index < -0.39 is 0 Å². The molecule has 0 amide bonds. The lowest BCUT2D eigenvalue weighted by molar-refractivity contribution is 0.668. The van der Waals surface area contributed by atoms with Gasteiger partial charge in [-0.15, -0.1) is 11.3 Å². The van der Waals surface area contributed by atoms with Crippen molar-refractivity contribution >= 4 is 92.4 Å². The van der Waals surface area contributed by atoms with Crippen molar-refractivity contribution in [1.82, 2.24) is 0 Å². The summed E-state index contributed by atoms with van der Waals surface area (Å²) < 4.78 is 15.3. The van der Waals surface area contributed by atoms with E-state index >= 15 is 0 Å². The smallest absolute Gasteiger partial charge is 0.159 e. The van der Waals surface area contributed by atoms with Gasteiger partial charge < -0.3 is 13.7 Å². The number of thiophene rings is 1. The predicted octanol–water partition coefficient (Wildman–Crippen LogP) is 14.7. The Bertz CT molecular complexity index is 3130. The zero-order valence-corrected chi connectivity index (χ0v) is 28.7. The van der Waals surface area contributed by atoms with Gasteiger partial charge >= 0.3 is 0 Å².